The number of nitrogens with one attached hydrogen (secondary N) is 1. The fourth-order valence-corrected chi connectivity index (χ4v) is 3.32. The molecule has 0 spiro atoms. The van der Waals surface area contributed by atoms with E-state index in [2.05, 4.69) is 58.2 Å². The van der Waals surface area contributed by atoms with Gasteiger partial charge in [-0.15, -0.1) is 0 Å². The second kappa shape index (κ2) is 8.16. The van der Waals surface area contributed by atoms with Gasteiger partial charge < -0.3 is 15.0 Å². The molecule has 0 aromatic heterocycles. The third-order valence-electron chi connectivity index (χ3n) is 3.96. The summed E-state index contributed by atoms with van der Waals surface area (Å²) in [4.78, 5) is 2.46. The van der Waals surface area contributed by atoms with Crippen molar-refractivity contribution in [3.63, 3.8) is 0 Å². The normalized spacial score (nSPS) is 18.7. The first kappa shape index (κ1) is 16.8. The van der Waals surface area contributed by atoms with Gasteiger partial charge in [-0.05, 0) is 36.6 Å². The number of benzene rings is 1. The zero-order valence-electron chi connectivity index (χ0n) is 13.4. The number of rotatable bonds is 7. The monoisotopic (exact) mass is 354 g/mol. The Morgan fingerprint density at radius 2 is 2.24 bits per heavy atom. The van der Waals surface area contributed by atoms with Crippen molar-refractivity contribution in [2.75, 3.05) is 38.3 Å². The molecule has 1 aromatic rings. The highest BCUT2D eigenvalue weighted by molar-refractivity contribution is 9.10. The summed E-state index contributed by atoms with van der Waals surface area (Å²) in [6, 6.07) is 6.73. The molecule has 0 saturated carbocycles. The molecule has 0 amide bonds. The SMILES string of the molecule is COCC1CCN(c2ccc(CNCC(C)C)c(Br)c2)C1. The lowest BCUT2D eigenvalue weighted by molar-refractivity contribution is 0.161. The lowest BCUT2D eigenvalue weighted by atomic mass is 10.1. The van der Waals surface area contributed by atoms with Crippen LogP contribution in [0.5, 0.6) is 0 Å². The van der Waals surface area contributed by atoms with E-state index in [1.54, 1.807) is 7.11 Å². The highest BCUT2D eigenvalue weighted by Gasteiger charge is 2.22. The number of ether oxygens (including phenoxy) is 1. The van der Waals surface area contributed by atoms with E-state index in [0.717, 1.165) is 32.8 Å². The molecule has 118 valence electrons. The number of methoxy groups -OCH3 is 1. The second-order valence-corrected chi connectivity index (χ2v) is 7.21. The van der Waals surface area contributed by atoms with Crippen molar-refractivity contribution in [3.8, 4) is 0 Å². The minimum Gasteiger partial charge on any atom is -0.384 e. The average molecular weight is 355 g/mol. The van der Waals surface area contributed by atoms with E-state index in [9.17, 15) is 0 Å². The quantitative estimate of drug-likeness (QED) is 0.808. The minimum atomic E-state index is 0.668. The maximum absolute atomic E-state index is 5.27. The standard InChI is InChI=1S/C17H27BrN2O/c1-13(2)9-19-10-15-4-5-16(8-17(15)18)20-7-6-14(11-20)12-21-3/h4-5,8,13-14,19H,6-7,9-12H2,1-3H3. The van der Waals surface area contributed by atoms with Crippen LogP contribution in [0.1, 0.15) is 25.8 Å². The number of hydrogen-bond acceptors (Lipinski definition) is 3. The van der Waals surface area contributed by atoms with Crippen molar-refractivity contribution in [1.29, 1.82) is 0 Å². The lowest BCUT2D eigenvalue weighted by Gasteiger charge is -2.20. The summed E-state index contributed by atoms with van der Waals surface area (Å²) in [5.41, 5.74) is 2.64. The van der Waals surface area contributed by atoms with Crippen molar-refractivity contribution < 1.29 is 4.74 Å². The third kappa shape index (κ3) is 4.97. The van der Waals surface area contributed by atoms with Crippen LogP contribution in [0.15, 0.2) is 22.7 Å². The van der Waals surface area contributed by atoms with Crippen molar-refractivity contribution in [2.24, 2.45) is 11.8 Å². The largest absolute Gasteiger partial charge is 0.384 e. The van der Waals surface area contributed by atoms with E-state index >= 15 is 0 Å². The van der Waals surface area contributed by atoms with Crippen molar-refractivity contribution in [3.05, 3.63) is 28.2 Å². The molecule has 1 unspecified atom stereocenters. The van der Waals surface area contributed by atoms with Crippen LogP contribution in [0, 0.1) is 11.8 Å². The van der Waals surface area contributed by atoms with Gasteiger partial charge in [-0.1, -0.05) is 35.8 Å². The van der Waals surface area contributed by atoms with E-state index in [4.69, 9.17) is 4.74 Å². The number of nitrogens with zero attached hydrogens (tertiary/aromatic N) is 1. The zero-order chi connectivity index (χ0) is 15.2. The Morgan fingerprint density at radius 1 is 1.43 bits per heavy atom. The molecule has 1 aromatic carbocycles. The van der Waals surface area contributed by atoms with E-state index in [1.807, 2.05) is 0 Å². The molecule has 1 fully saturated rings. The summed E-state index contributed by atoms with van der Waals surface area (Å²) in [6.07, 6.45) is 1.23. The summed E-state index contributed by atoms with van der Waals surface area (Å²) in [6.45, 7) is 9.54. The van der Waals surface area contributed by atoms with Gasteiger partial charge in [0.05, 0.1) is 6.61 Å². The number of hydrogen-bond donors (Lipinski definition) is 1. The van der Waals surface area contributed by atoms with Crippen LogP contribution in [-0.2, 0) is 11.3 Å². The van der Waals surface area contributed by atoms with Crippen LogP contribution in [0.25, 0.3) is 0 Å². The predicted molar refractivity (Wildman–Crippen MR) is 92.9 cm³/mol. The number of anilines is 1. The molecule has 1 aliphatic heterocycles. The Bertz CT molecular complexity index is 450. The van der Waals surface area contributed by atoms with Gasteiger partial charge in [0.2, 0.25) is 0 Å². The van der Waals surface area contributed by atoms with Crippen LogP contribution < -0.4 is 10.2 Å². The van der Waals surface area contributed by atoms with Crippen LogP contribution in [0.2, 0.25) is 0 Å². The highest BCUT2D eigenvalue weighted by atomic mass is 79.9. The molecule has 1 atom stereocenters. The summed E-state index contributed by atoms with van der Waals surface area (Å²) >= 11 is 3.72. The van der Waals surface area contributed by atoms with Gasteiger partial charge >= 0.3 is 0 Å². The minimum absolute atomic E-state index is 0.668. The molecule has 0 radical (unpaired) electrons. The first-order valence-electron chi connectivity index (χ1n) is 7.83. The molecule has 0 bridgehead atoms. The number of halogens is 1. The Labute approximate surface area is 137 Å². The van der Waals surface area contributed by atoms with Crippen LogP contribution >= 0.6 is 15.9 Å². The molecule has 0 aliphatic carbocycles. The summed E-state index contributed by atoms with van der Waals surface area (Å²) in [5, 5.41) is 3.49. The van der Waals surface area contributed by atoms with E-state index in [1.165, 1.54) is 22.1 Å². The molecular formula is C17H27BrN2O. The second-order valence-electron chi connectivity index (χ2n) is 6.36. The molecular weight excluding hydrogens is 328 g/mol. The molecule has 1 heterocycles. The van der Waals surface area contributed by atoms with Gasteiger partial charge in [-0.25, -0.2) is 0 Å². The summed E-state index contributed by atoms with van der Waals surface area (Å²) < 4.78 is 6.47. The first-order valence-corrected chi connectivity index (χ1v) is 8.62. The first-order chi connectivity index (χ1) is 10.1. The fraction of sp³-hybridized carbons (Fsp3) is 0.647. The maximum Gasteiger partial charge on any atom is 0.0508 e. The smallest absolute Gasteiger partial charge is 0.0508 e. The average Bonchev–Trinajstić information content (AvgIpc) is 2.89. The Balaban J connectivity index is 1.93. The maximum atomic E-state index is 5.27. The van der Waals surface area contributed by atoms with Gasteiger partial charge in [-0.3, -0.25) is 0 Å². The molecule has 21 heavy (non-hydrogen) atoms. The van der Waals surface area contributed by atoms with Crippen LogP contribution in [0.3, 0.4) is 0 Å². The predicted octanol–water partition coefficient (Wildman–Crippen LogP) is 3.67. The Hall–Kier alpha value is -0.580. The Kier molecular flexibility index (Phi) is 6.52. The van der Waals surface area contributed by atoms with Gasteiger partial charge in [0.15, 0.2) is 0 Å². The molecule has 1 N–H and O–H groups in total. The van der Waals surface area contributed by atoms with Crippen molar-refractivity contribution >= 4 is 21.6 Å². The Morgan fingerprint density at radius 3 is 2.90 bits per heavy atom. The van der Waals surface area contributed by atoms with Gasteiger partial charge in [0.25, 0.3) is 0 Å². The van der Waals surface area contributed by atoms with Gasteiger partial charge in [0, 0.05) is 42.8 Å². The van der Waals surface area contributed by atoms with Crippen molar-refractivity contribution in [1.82, 2.24) is 5.32 Å². The summed E-state index contributed by atoms with van der Waals surface area (Å²) in [7, 11) is 1.79. The summed E-state index contributed by atoms with van der Waals surface area (Å²) in [5.74, 6) is 1.35. The third-order valence-corrected chi connectivity index (χ3v) is 4.70. The van der Waals surface area contributed by atoms with E-state index in [0.29, 0.717) is 11.8 Å². The molecule has 1 aliphatic rings. The highest BCUT2D eigenvalue weighted by Crippen LogP contribution is 2.28. The van der Waals surface area contributed by atoms with Gasteiger partial charge in [0.1, 0.15) is 0 Å². The van der Waals surface area contributed by atoms with Crippen LogP contribution in [0.4, 0.5) is 5.69 Å². The lowest BCUT2D eigenvalue weighted by Crippen LogP contribution is -2.21. The van der Waals surface area contributed by atoms with Crippen molar-refractivity contribution in [2.45, 2.75) is 26.8 Å². The topological polar surface area (TPSA) is 24.5 Å². The fourth-order valence-electron chi connectivity index (χ4n) is 2.81. The van der Waals surface area contributed by atoms with E-state index < -0.39 is 0 Å². The zero-order valence-corrected chi connectivity index (χ0v) is 14.9. The molecule has 2 rings (SSSR count). The molecule has 4 heteroatoms. The van der Waals surface area contributed by atoms with Crippen LogP contribution in [-0.4, -0.2) is 33.4 Å². The molecule has 3 nitrogen and oxygen atoms in total. The molecule has 1 saturated heterocycles. The van der Waals surface area contributed by atoms with Gasteiger partial charge in [-0.2, -0.15) is 0 Å². The van der Waals surface area contributed by atoms with E-state index in [-0.39, 0.29) is 0 Å².